The van der Waals surface area contributed by atoms with Crippen molar-refractivity contribution >= 4 is 35.6 Å². The third-order valence-corrected chi connectivity index (χ3v) is 3.40. The van der Waals surface area contributed by atoms with Crippen LogP contribution >= 0.6 is 12.4 Å². The molecule has 1 heterocycles. The van der Waals surface area contributed by atoms with Gasteiger partial charge in [-0.15, -0.1) is 12.4 Å². The molecule has 1 fully saturated rings. The maximum Gasteiger partial charge on any atom is 0.224 e. The number of hydrogen-bond acceptors (Lipinski definition) is 3. The summed E-state index contributed by atoms with van der Waals surface area (Å²) >= 11 is 0. The van der Waals surface area contributed by atoms with Crippen LogP contribution < -0.4 is 16.0 Å². The molecule has 0 saturated carbocycles. The molecule has 1 aromatic carbocycles. The van der Waals surface area contributed by atoms with Crippen molar-refractivity contribution in [1.82, 2.24) is 5.32 Å². The summed E-state index contributed by atoms with van der Waals surface area (Å²) in [5, 5.41) is 8.88. The molecule has 0 aliphatic carbocycles. The quantitative estimate of drug-likeness (QED) is 0.799. The Hall–Kier alpha value is -1.59. The molecule has 1 aromatic rings. The number of amides is 2. The van der Waals surface area contributed by atoms with E-state index < -0.39 is 0 Å². The third-order valence-electron chi connectivity index (χ3n) is 3.40. The molecule has 1 aliphatic heterocycles. The van der Waals surface area contributed by atoms with Gasteiger partial charge in [-0.2, -0.15) is 0 Å². The Balaban J connectivity index is 0.00000220. The van der Waals surface area contributed by atoms with Crippen LogP contribution in [0.2, 0.25) is 0 Å². The number of halogens is 1. The molecule has 5 nitrogen and oxygen atoms in total. The van der Waals surface area contributed by atoms with Crippen LogP contribution in [0, 0.1) is 5.92 Å². The summed E-state index contributed by atoms with van der Waals surface area (Å²) in [6, 6.07) is 7.20. The highest BCUT2D eigenvalue weighted by molar-refractivity contribution is 5.93. The zero-order valence-corrected chi connectivity index (χ0v) is 13.0. The highest BCUT2D eigenvalue weighted by atomic mass is 35.5. The molecule has 0 spiro atoms. The minimum Gasteiger partial charge on any atom is -0.326 e. The van der Waals surface area contributed by atoms with Crippen molar-refractivity contribution in [2.24, 2.45) is 5.92 Å². The fourth-order valence-electron chi connectivity index (χ4n) is 2.44. The van der Waals surface area contributed by atoms with Gasteiger partial charge in [-0.3, -0.25) is 9.59 Å². The van der Waals surface area contributed by atoms with Crippen molar-refractivity contribution in [3.63, 3.8) is 0 Å². The van der Waals surface area contributed by atoms with Crippen LogP contribution in [0.15, 0.2) is 24.3 Å². The minimum absolute atomic E-state index is 0. The lowest BCUT2D eigenvalue weighted by atomic mass is 9.94. The molecular formula is C15H22ClN3O2. The normalized spacial score (nSPS) is 14.9. The number of anilines is 2. The number of nitrogens with one attached hydrogen (secondary N) is 3. The predicted octanol–water partition coefficient (Wildman–Crippen LogP) is 2.40. The van der Waals surface area contributed by atoms with Gasteiger partial charge in [-0.1, -0.05) is 6.07 Å². The molecule has 0 radical (unpaired) electrons. The lowest BCUT2D eigenvalue weighted by Gasteiger charge is -2.21. The molecule has 0 unspecified atom stereocenters. The number of hydrogen-bond donors (Lipinski definition) is 3. The van der Waals surface area contributed by atoms with Crippen LogP contribution in [-0.4, -0.2) is 24.9 Å². The Bertz CT molecular complexity index is 488. The molecule has 0 aromatic heterocycles. The van der Waals surface area contributed by atoms with Crippen molar-refractivity contribution < 1.29 is 9.59 Å². The van der Waals surface area contributed by atoms with E-state index in [0.29, 0.717) is 18.0 Å². The van der Waals surface area contributed by atoms with Gasteiger partial charge in [-0.05, 0) is 50.0 Å². The van der Waals surface area contributed by atoms with E-state index in [9.17, 15) is 9.59 Å². The van der Waals surface area contributed by atoms with Crippen LogP contribution in [0.5, 0.6) is 0 Å². The van der Waals surface area contributed by atoms with E-state index in [-0.39, 0.29) is 24.2 Å². The molecule has 116 valence electrons. The van der Waals surface area contributed by atoms with Crippen LogP contribution in [0.3, 0.4) is 0 Å². The Morgan fingerprint density at radius 2 is 1.81 bits per heavy atom. The molecule has 0 atom stereocenters. The summed E-state index contributed by atoms with van der Waals surface area (Å²) in [6.07, 6.45) is 2.67. The first-order valence-corrected chi connectivity index (χ1v) is 7.02. The largest absolute Gasteiger partial charge is 0.326 e. The number of carbonyl (C=O) groups excluding carboxylic acids is 2. The first-order valence-electron chi connectivity index (χ1n) is 7.02. The highest BCUT2D eigenvalue weighted by Crippen LogP contribution is 2.19. The summed E-state index contributed by atoms with van der Waals surface area (Å²) in [7, 11) is 0. The van der Waals surface area contributed by atoms with Gasteiger partial charge in [0.1, 0.15) is 0 Å². The van der Waals surface area contributed by atoms with Crippen molar-refractivity contribution in [1.29, 1.82) is 0 Å². The van der Waals surface area contributed by atoms with E-state index >= 15 is 0 Å². The van der Waals surface area contributed by atoms with Gasteiger partial charge in [0, 0.05) is 24.7 Å². The van der Waals surface area contributed by atoms with Gasteiger partial charge in [0.25, 0.3) is 0 Å². The highest BCUT2D eigenvalue weighted by Gasteiger charge is 2.16. The SMILES string of the molecule is CC(=O)Nc1cccc(NC(=O)CC2CCNCC2)c1.Cl. The molecule has 21 heavy (non-hydrogen) atoms. The van der Waals surface area contributed by atoms with Gasteiger partial charge in [0.15, 0.2) is 0 Å². The van der Waals surface area contributed by atoms with Crippen molar-refractivity contribution in [3.05, 3.63) is 24.3 Å². The molecule has 2 rings (SSSR count). The van der Waals surface area contributed by atoms with Crippen molar-refractivity contribution in [2.45, 2.75) is 26.2 Å². The van der Waals surface area contributed by atoms with Gasteiger partial charge >= 0.3 is 0 Å². The van der Waals surface area contributed by atoms with Crippen LogP contribution in [0.25, 0.3) is 0 Å². The Morgan fingerprint density at radius 3 is 2.43 bits per heavy atom. The minimum atomic E-state index is -0.122. The Kier molecular flexibility index (Phi) is 7.19. The number of rotatable bonds is 4. The van der Waals surface area contributed by atoms with E-state index in [0.717, 1.165) is 31.6 Å². The summed E-state index contributed by atoms with van der Waals surface area (Å²) < 4.78 is 0. The summed E-state index contributed by atoms with van der Waals surface area (Å²) in [6.45, 7) is 3.45. The van der Waals surface area contributed by atoms with Gasteiger partial charge in [-0.25, -0.2) is 0 Å². The maximum absolute atomic E-state index is 12.0. The fourth-order valence-corrected chi connectivity index (χ4v) is 2.44. The molecule has 3 N–H and O–H groups in total. The third kappa shape index (κ3) is 6.14. The number of piperidine rings is 1. The second kappa shape index (κ2) is 8.64. The van der Waals surface area contributed by atoms with Crippen molar-refractivity contribution in [2.75, 3.05) is 23.7 Å². The average molecular weight is 312 g/mol. The fraction of sp³-hybridized carbons (Fsp3) is 0.467. The van der Waals surface area contributed by atoms with Crippen LogP contribution in [0.1, 0.15) is 26.2 Å². The standard InChI is InChI=1S/C15H21N3O2.ClH/c1-11(19)17-13-3-2-4-14(10-13)18-15(20)9-12-5-7-16-8-6-12;/h2-4,10,12,16H,5-9H2,1H3,(H,17,19)(H,18,20);1H. The monoisotopic (exact) mass is 311 g/mol. The second-order valence-corrected chi connectivity index (χ2v) is 5.21. The topological polar surface area (TPSA) is 70.2 Å². The van der Waals surface area contributed by atoms with E-state index in [1.54, 1.807) is 12.1 Å². The van der Waals surface area contributed by atoms with Gasteiger partial charge in [0.05, 0.1) is 0 Å². The summed E-state index contributed by atoms with van der Waals surface area (Å²) in [4.78, 5) is 23.0. The van der Waals surface area contributed by atoms with E-state index in [1.807, 2.05) is 12.1 Å². The first-order chi connectivity index (χ1) is 9.63. The van der Waals surface area contributed by atoms with Crippen LogP contribution in [-0.2, 0) is 9.59 Å². The van der Waals surface area contributed by atoms with E-state index in [4.69, 9.17) is 0 Å². The zero-order valence-electron chi connectivity index (χ0n) is 12.1. The second-order valence-electron chi connectivity index (χ2n) is 5.21. The smallest absolute Gasteiger partial charge is 0.224 e. The Morgan fingerprint density at radius 1 is 1.19 bits per heavy atom. The molecule has 0 bridgehead atoms. The number of benzene rings is 1. The van der Waals surface area contributed by atoms with Gasteiger partial charge < -0.3 is 16.0 Å². The maximum atomic E-state index is 12.0. The molecule has 6 heteroatoms. The zero-order chi connectivity index (χ0) is 14.4. The Labute approximate surface area is 131 Å². The van der Waals surface area contributed by atoms with E-state index in [1.165, 1.54) is 6.92 Å². The van der Waals surface area contributed by atoms with Crippen LogP contribution in [0.4, 0.5) is 11.4 Å². The summed E-state index contributed by atoms with van der Waals surface area (Å²) in [5.74, 6) is 0.384. The van der Waals surface area contributed by atoms with Crippen molar-refractivity contribution in [3.8, 4) is 0 Å². The first kappa shape index (κ1) is 17.5. The molecule has 1 saturated heterocycles. The molecule has 2 amide bonds. The molecule has 1 aliphatic rings. The lowest BCUT2D eigenvalue weighted by Crippen LogP contribution is -2.30. The van der Waals surface area contributed by atoms with Gasteiger partial charge in [0.2, 0.25) is 11.8 Å². The predicted molar refractivity (Wildman–Crippen MR) is 86.8 cm³/mol. The number of carbonyl (C=O) groups is 2. The lowest BCUT2D eigenvalue weighted by molar-refractivity contribution is -0.117. The average Bonchev–Trinajstić information content (AvgIpc) is 2.39. The summed E-state index contributed by atoms with van der Waals surface area (Å²) in [5.41, 5.74) is 1.41. The van der Waals surface area contributed by atoms with E-state index in [2.05, 4.69) is 16.0 Å². The molecular weight excluding hydrogens is 290 g/mol.